The third-order valence-electron chi connectivity index (χ3n) is 0.301. The molecule has 0 amide bonds. The number of carbonyl (C=O) groups is 2. The van der Waals surface area contributed by atoms with Gasteiger partial charge in [0.1, 0.15) is 0 Å². The van der Waals surface area contributed by atoms with Crippen molar-refractivity contribution < 1.29 is 14.7 Å². The standard InChI is InChI=1S/C3H4O3.3Na.3H/c1-2(4)3(5)6;;;;;;/h1H3,(H,5,6);;;;;;. The number of Topliss-reactive ketones (excluding diaryl/α,β-unsaturated/α-hetero) is 1. The van der Waals surface area contributed by atoms with Gasteiger partial charge in [-0.05, 0) is 0 Å². The normalized spacial score (nSPS) is 5.00. The van der Waals surface area contributed by atoms with Crippen LogP contribution in [0.4, 0.5) is 0 Å². The summed E-state index contributed by atoms with van der Waals surface area (Å²) in [5.41, 5.74) is 0. The van der Waals surface area contributed by atoms with E-state index in [0.29, 0.717) is 0 Å². The van der Waals surface area contributed by atoms with E-state index in [-0.39, 0.29) is 88.7 Å². The van der Waals surface area contributed by atoms with Gasteiger partial charge in [0.25, 0.3) is 0 Å². The summed E-state index contributed by atoms with van der Waals surface area (Å²) in [7, 11) is 0. The summed E-state index contributed by atoms with van der Waals surface area (Å²) < 4.78 is 0. The Morgan fingerprint density at radius 1 is 1.11 bits per heavy atom. The number of rotatable bonds is 1. The van der Waals surface area contributed by atoms with Crippen LogP contribution in [-0.2, 0) is 9.59 Å². The molecule has 0 aromatic heterocycles. The van der Waals surface area contributed by atoms with Crippen LogP contribution in [0.5, 0.6) is 0 Å². The van der Waals surface area contributed by atoms with Crippen LogP contribution in [0.3, 0.4) is 0 Å². The summed E-state index contributed by atoms with van der Waals surface area (Å²) in [6.45, 7) is 1.00. The third-order valence-corrected chi connectivity index (χ3v) is 0.301. The molecule has 0 bridgehead atoms. The molecule has 0 aliphatic carbocycles. The first-order chi connectivity index (χ1) is 2.64. The zero-order chi connectivity index (χ0) is 5.15. The minimum atomic E-state index is -1.38. The average molecular weight is 160 g/mol. The van der Waals surface area contributed by atoms with E-state index in [1.807, 2.05) is 0 Å². The predicted octanol–water partition coefficient (Wildman–Crippen LogP) is -2.29. The second-order valence-corrected chi connectivity index (χ2v) is 0.861. The molecule has 0 aromatic carbocycles. The van der Waals surface area contributed by atoms with Crippen LogP contribution >= 0.6 is 0 Å². The quantitative estimate of drug-likeness (QED) is 0.347. The number of hydrogen-bond acceptors (Lipinski definition) is 2. The first-order valence-corrected chi connectivity index (χ1v) is 1.38. The summed E-state index contributed by atoms with van der Waals surface area (Å²) in [4.78, 5) is 18.9. The van der Waals surface area contributed by atoms with Crippen LogP contribution in [0.1, 0.15) is 6.92 Å². The van der Waals surface area contributed by atoms with Crippen molar-refractivity contribution in [2.75, 3.05) is 0 Å². The number of carboxylic acid groups (broad SMARTS) is 1. The van der Waals surface area contributed by atoms with Crippen molar-refractivity contribution in [2.45, 2.75) is 6.92 Å². The van der Waals surface area contributed by atoms with Crippen LogP contribution in [0.25, 0.3) is 0 Å². The van der Waals surface area contributed by atoms with Crippen molar-refractivity contribution in [2.24, 2.45) is 0 Å². The molecule has 0 unspecified atom stereocenters. The van der Waals surface area contributed by atoms with Crippen LogP contribution < -0.4 is 0 Å². The van der Waals surface area contributed by atoms with Gasteiger partial charge >= 0.3 is 94.6 Å². The first-order valence-electron chi connectivity index (χ1n) is 1.38. The van der Waals surface area contributed by atoms with E-state index in [1.54, 1.807) is 0 Å². The van der Waals surface area contributed by atoms with Gasteiger partial charge in [0.05, 0.1) is 0 Å². The van der Waals surface area contributed by atoms with Gasteiger partial charge in [-0.15, -0.1) is 0 Å². The molecule has 6 heteroatoms. The van der Waals surface area contributed by atoms with Gasteiger partial charge in [0.15, 0.2) is 0 Å². The number of carboxylic acids is 1. The summed E-state index contributed by atoms with van der Waals surface area (Å²) in [5.74, 6) is -2.20. The van der Waals surface area contributed by atoms with Crippen molar-refractivity contribution in [1.29, 1.82) is 0 Å². The molecule has 40 valence electrons. The Morgan fingerprint density at radius 3 is 1.22 bits per heavy atom. The van der Waals surface area contributed by atoms with Crippen molar-refractivity contribution in [1.82, 2.24) is 0 Å². The van der Waals surface area contributed by atoms with Gasteiger partial charge in [-0.2, -0.15) is 0 Å². The molecule has 0 aliphatic rings. The maximum atomic E-state index is 9.54. The molecule has 0 aromatic rings. The van der Waals surface area contributed by atoms with E-state index < -0.39 is 11.8 Å². The zero-order valence-corrected chi connectivity index (χ0v) is 3.26. The summed E-state index contributed by atoms with van der Waals surface area (Å²) >= 11 is 0. The molecule has 0 saturated heterocycles. The molecule has 0 atom stereocenters. The molecular weight excluding hydrogens is 153 g/mol. The average Bonchev–Trinajstić information content (AvgIpc) is 1.36. The van der Waals surface area contributed by atoms with Crippen LogP contribution in [-0.4, -0.2) is 106 Å². The van der Waals surface area contributed by atoms with Crippen molar-refractivity contribution in [3.63, 3.8) is 0 Å². The zero-order valence-electron chi connectivity index (χ0n) is 3.26. The van der Waals surface area contributed by atoms with E-state index in [4.69, 9.17) is 5.11 Å². The molecular formula is C3H7Na3O3. The maximum absolute atomic E-state index is 9.54. The third kappa shape index (κ3) is 17.8. The van der Waals surface area contributed by atoms with E-state index in [2.05, 4.69) is 0 Å². The van der Waals surface area contributed by atoms with Crippen LogP contribution in [0, 0.1) is 0 Å². The fourth-order valence-corrected chi connectivity index (χ4v) is 0. The number of carbonyl (C=O) groups excluding carboxylic acids is 1. The van der Waals surface area contributed by atoms with Crippen molar-refractivity contribution in [3.8, 4) is 0 Å². The Kier molecular flexibility index (Phi) is 31.9. The van der Waals surface area contributed by atoms with Crippen LogP contribution in [0.15, 0.2) is 0 Å². The van der Waals surface area contributed by atoms with Gasteiger partial charge < -0.3 is 5.11 Å². The summed E-state index contributed by atoms with van der Waals surface area (Å²) in [6, 6.07) is 0. The number of ketones is 1. The summed E-state index contributed by atoms with van der Waals surface area (Å²) in [5, 5.41) is 7.64. The molecule has 0 rings (SSSR count). The molecule has 0 saturated carbocycles. The number of hydrogen-bond donors (Lipinski definition) is 1. The molecule has 0 fully saturated rings. The van der Waals surface area contributed by atoms with Crippen molar-refractivity contribution in [3.05, 3.63) is 0 Å². The first kappa shape index (κ1) is 22.5. The minimum absolute atomic E-state index is 0. The molecule has 0 spiro atoms. The SMILES string of the molecule is CC(=O)C(=O)O.[NaH].[NaH].[NaH]. The topological polar surface area (TPSA) is 54.4 Å². The monoisotopic (exact) mass is 160 g/mol. The van der Waals surface area contributed by atoms with Crippen LogP contribution in [0.2, 0.25) is 0 Å². The number of aliphatic carboxylic acids is 1. The molecule has 1 N–H and O–H groups in total. The molecule has 3 nitrogen and oxygen atoms in total. The predicted molar refractivity (Wildman–Crippen MR) is 39.8 cm³/mol. The summed E-state index contributed by atoms with van der Waals surface area (Å²) in [6.07, 6.45) is 0. The van der Waals surface area contributed by atoms with E-state index >= 15 is 0 Å². The molecule has 0 radical (unpaired) electrons. The van der Waals surface area contributed by atoms with Gasteiger partial charge in [-0.1, -0.05) is 0 Å². The van der Waals surface area contributed by atoms with Gasteiger partial charge in [0.2, 0.25) is 5.78 Å². The Labute approximate surface area is 120 Å². The van der Waals surface area contributed by atoms with Gasteiger partial charge in [0, 0.05) is 6.92 Å². The van der Waals surface area contributed by atoms with E-state index in [1.165, 1.54) is 0 Å². The molecule has 0 aliphatic heterocycles. The van der Waals surface area contributed by atoms with E-state index in [0.717, 1.165) is 6.92 Å². The van der Waals surface area contributed by atoms with E-state index in [9.17, 15) is 9.59 Å². The Hall–Kier alpha value is 2.14. The fraction of sp³-hybridized carbons (Fsp3) is 0.333. The Bertz CT molecular complexity index is 80.3. The van der Waals surface area contributed by atoms with Crippen molar-refractivity contribution >= 4 is 100 Å². The Morgan fingerprint density at radius 2 is 1.22 bits per heavy atom. The fourth-order valence-electron chi connectivity index (χ4n) is 0. The second kappa shape index (κ2) is 12.8. The van der Waals surface area contributed by atoms with Gasteiger partial charge in [-0.25, -0.2) is 4.79 Å². The second-order valence-electron chi connectivity index (χ2n) is 0.861. The molecule has 0 heterocycles. The molecule has 9 heavy (non-hydrogen) atoms. The van der Waals surface area contributed by atoms with Gasteiger partial charge in [-0.3, -0.25) is 4.79 Å². The Balaban J connectivity index is -0.0000000417.